The average molecular weight is 592 g/mol. The average Bonchev–Trinajstić information content (AvgIpc) is 2.92. The minimum atomic E-state index is -4.80. The second-order valence-electron chi connectivity index (χ2n) is 11.7. The van der Waals surface area contributed by atoms with Crippen molar-refractivity contribution >= 4 is 23.6 Å². The number of nitrogens with zero attached hydrogens (tertiary/aromatic N) is 2. The molecule has 0 aromatic heterocycles. The number of amides is 3. The molecule has 0 radical (unpaired) electrons. The van der Waals surface area contributed by atoms with Gasteiger partial charge < -0.3 is 25.0 Å². The van der Waals surface area contributed by atoms with Crippen molar-refractivity contribution in [1.82, 2.24) is 9.80 Å². The number of carbonyl (C=O) groups is 3. The molecule has 1 saturated carbocycles. The van der Waals surface area contributed by atoms with Crippen LogP contribution in [0.4, 0.5) is 23.7 Å². The molecule has 0 spiro atoms. The Kier molecular flexibility index (Phi) is 10.9. The largest absolute Gasteiger partial charge is 0.573 e. The minimum Gasteiger partial charge on any atom is -0.481 e. The Labute approximate surface area is 244 Å². The monoisotopic (exact) mass is 591 g/mol. The lowest BCUT2D eigenvalue weighted by Gasteiger charge is -2.41. The van der Waals surface area contributed by atoms with Crippen LogP contribution in [0.3, 0.4) is 0 Å². The molecular formula is C31H40F3N3O5. The zero-order valence-corrected chi connectivity index (χ0v) is 24.5. The third kappa shape index (κ3) is 9.66. The van der Waals surface area contributed by atoms with Gasteiger partial charge in [0.2, 0.25) is 0 Å². The first-order valence-corrected chi connectivity index (χ1v) is 14.2. The number of nitrogens with one attached hydrogen (secondary N) is 1. The zero-order valence-electron chi connectivity index (χ0n) is 24.5. The first-order valence-electron chi connectivity index (χ1n) is 14.2. The summed E-state index contributed by atoms with van der Waals surface area (Å²) in [4.78, 5) is 40.6. The van der Waals surface area contributed by atoms with Crippen LogP contribution < -0.4 is 10.1 Å². The van der Waals surface area contributed by atoms with E-state index in [1.165, 1.54) is 17.0 Å². The Morgan fingerprint density at radius 2 is 1.55 bits per heavy atom. The van der Waals surface area contributed by atoms with E-state index in [4.69, 9.17) is 5.11 Å². The molecule has 2 aromatic rings. The zero-order chi connectivity index (χ0) is 31.1. The lowest BCUT2D eigenvalue weighted by Crippen LogP contribution is -2.45. The first-order chi connectivity index (χ1) is 19.7. The highest BCUT2D eigenvalue weighted by molar-refractivity contribution is 5.94. The van der Waals surface area contributed by atoms with Crippen LogP contribution >= 0.6 is 0 Å². The highest BCUT2D eigenvalue weighted by atomic mass is 19.4. The van der Waals surface area contributed by atoms with Gasteiger partial charge in [-0.15, -0.1) is 13.2 Å². The van der Waals surface area contributed by atoms with Crippen molar-refractivity contribution in [3.63, 3.8) is 0 Å². The topological polar surface area (TPSA) is 99.2 Å². The van der Waals surface area contributed by atoms with E-state index in [9.17, 15) is 27.6 Å². The molecule has 8 nitrogen and oxygen atoms in total. The van der Waals surface area contributed by atoms with Crippen LogP contribution in [0.25, 0.3) is 0 Å². The molecule has 0 heterocycles. The van der Waals surface area contributed by atoms with E-state index in [0.717, 1.165) is 43.4 Å². The highest BCUT2D eigenvalue weighted by Crippen LogP contribution is 2.39. The van der Waals surface area contributed by atoms with Crippen LogP contribution in [0.1, 0.15) is 75.7 Å². The van der Waals surface area contributed by atoms with Crippen molar-refractivity contribution in [1.29, 1.82) is 0 Å². The maximum Gasteiger partial charge on any atom is 0.573 e. The summed E-state index contributed by atoms with van der Waals surface area (Å²) in [5, 5.41) is 11.8. The number of rotatable bonds is 10. The predicted molar refractivity (Wildman–Crippen MR) is 153 cm³/mol. The summed E-state index contributed by atoms with van der Waals surface area (Å²) < 4.78 is 41.5. The summed E-state index contributed by atoms with van der Waals surface area (Å²) in [6, 6.07) is 11.5. The lowest BCUT2D eigenvalue weighted by atomic mass is 9.71. The van der Waals surface area contributed by atoms with Crippen molar-refractivity contribution < 1.29 is 37.4 Å². The summed E-state index contributed by atoms with van der Waals surface area (Å²) in [6.45, 7) is 9.21. The van der Waals surface area contributed by atoms with Gasteiger partial charge in [-0.2, -0.15) is 0 Å². The Morgan fingerprint density at radius 1 is 0.952 bits per heavy atom. The summed E-state index contributed by atoms with van der Waals surface area (Å²) in [6.07, 6.45) is -1.37. The molecule has 0 saturated heterocycles. The molecule has 0 atom stereocenters. The molecule has 0 aliphatic heterocycles. The molecule has 3 rings (SSSR count). The van der Waals surface area contributed by atoms with Gasteiger partial charge in [-0.25, -0.2) is 4.79 Å². The number of halogens is 3. The fraction of sp³-hybridized carbons (Fsp3) is 0.516. The summed E-state index contributed by atoms with van der Waals surface area (Å²) in [5.41, 5.74) is 1.73. The molecule has 1 aliphatic rings. The fourth-order valence-electron chi connectivity index (χ4n) is 5.32. The first kappa shape index (κ1) is 32.8. The molecule has 1 fully saturated rings. The van der Waals surface area contributed by atoms with Crippen molar-refractivity contribution in [3.05, 3.63) is 59.7 Å². The summed E-state index contributed by atoms with van der Waals surface area (Å²) >= 11 is 0. The van der Waals surface area contributed by atoms with Gasteiger partial charge in [-0.05, 0) is 85.9 Å². The summed E-state index contributed by atoms with van der Waals surface area (Å²) in [7, 11) is 0. The molecule has 1 aliphatic carbocycles. The third-order valence-corrected chi connectivity index (χ3v) is 7.78. The van der Waals surface area contributed by atoms with Crippen molar-refractivity contribution in [3.8, 4) is 5.75 Å². The number of carboxylic acids is 1. The second-order valence-corrected chi connectivity index (χ2v) is 11.7. The number of ether oxygens (including phenoxy) is 1. The predicted octanol–water partition coefficient (Wildman–Crippen LogP) is 7.16. The van der Waals surface area contributed by atoms with E-state index in [-0.39, 0.29) is 48.7 Å². The van der Waals surface area contributed by atoms with Crippen molar-refractivity contribution in [2.45, 2.75) is 78.7 Å². The van der Waals surface area contributed by atoms with E-state index in [1.807, 2.05) is 0 Å². The number of hydrogen-bond donors (Lipinski definition) is 2. The van der Waals surface area contributed by atoms with Crippen molar-refractivity contribution in [2.24, 2.45) is 11.3 Å². The summed E-state index contributed by atoms with van der Waals surface area (Å²) in [5.74, 6) is -1.08. The number of carboxylic acid groups (broad SMARTS) is 1. The number of anilines is 1. The Balaban J connectivity index is 1.75. The van der Waals surface area contributed by atoms with Crippen LogP contribution in [-0.2, 0) is 11.3 Å². The highest BCUT2D eigenvalue weighted by Gasteiger charge is 2.34. The number of carbonyl (C=O) groups excluding carboxylic acids is 2. The Hall–Kier alpha value is -3.76. The van der Waals surface area contributed by atoms with Crippen molar-refractivity contribution in [2.75, 3.05) is 18.4 Å². The quantitative estimate of drug-likeness (QED) is 0.306. The number of alkyl halides is 3. The molecule has 230 valence electrons. The number of urea groups is 1. The van der Waals surface area contributed by atoms with Gasteiger partial charge in [0.05, 0.1) is 6.42 Å². The van der Waals surface area contributed by atoms with E-state index in [0.29, 0.717) is 23.7 Å². The van der Waals surface area contributed by atoms with E-state index in [2.05, 4.69) is 30.8 Å². The second kappa shape index (κ2) is 13.9. The van der Waals surface area contributed by atoms with Crippen LogP contribution in [0, 0.1) is 11.3 Å². The maximum absolute atomic E-state index is 13.5. The normalized spacial score (nSPS) is 17.3. The van der Waals surface area contributed by atoms with Gasteiger partial charge in [0.1, 0.15) is 5.75 Å². The van der Waals surface area contributed by atoms with Gasteiger partial charge in [0, 0.05) is 36.9 Å². The Morgan fingerprint density at radius 3 is 2.05 bits per heavy atom. The van der Waals surface area contributed by atoms with Gasteiger partial charge in [-0.3, -0.25) is 9.59 Å². The van der Waals surface area contributed by atoms with Gasteiger partial charge in [-0.1, -0.05) is 32.9 Å². The molecule has 2 aromatic carbocycles. The minimum absolute atomic E-state index is 0.0376. The molecule has 11 heteroatoms. The molecule has 0 unspecified atom stereocenters. The van der Waals surface area contributed by atoms with Crippen LogP contribution in [0.15, 0.2) is 48.5 Å². The van der Waals surface area contributed by atoms with Gasteiger partial charge in [0.15, 0.2) is 0 Å². The molecule has 0 bridgehead atoms. The van der Waals surface area contributed by atoms with Crippen LogP contribution in [-0.4, -0.2) is 58.3 Å². The Bertz CT molecular complexity index is 1200. The third-order valence-electron chi connectivity index (χ3n) is 7.78. The number of hydrogen-bond acceptors (Lipinski definition) is 4. The van der Waals surface area contributed by atoms with E-state index in [1.54, 1.807) is 36.1 Å². The molecule has 42 heavy (non-hydrogen) atoms. The lowest BCUT2D eigenvalue weighted by molar-refractivity contribution is -0.274. The maximum atomic E-state index is 13.5. The van der Waals surface area contributed by atoms with Crippen LogP contribution in [0.5, 0.6) is 5.75 Å². The molecular weight excluding hydrogens is 551 g/mol. The smallest absolute Gasteiger partial charge is 0.481 e. The molecule has 3 amide bonds. The van der Waals surface area contributed by atoms with E-state index < -0.39 is 12.3 Å². The van der Waals surface area contributed by atoms with Gasteiger partial charge >= 0.3 is 18.4 Å². The SMILES string of the molecule is CCN(CCC(=O)O)C(=O)c1ccc(CN(C(=O)Nc2ccc(OC(F)(F)F)cc2)C2CCC(C(C)(C)C)CC2)cc1. The van der Waals surface area contributed by atoms with Gasteiger partial charge in [0.25, 0.3) is 5.91 Å². The standard InChI is InChI=1S/C31H40F3N3O5/c1-5-36(19-18-27(38)39)28(40)22-8-6-21(7-9-22)20-37(25-14-10-23(11-15-25)30(2,3)4)29(41)35-24-12-16-26(17-13-24)42-31(32,33)34/h6-9,12-13,16-17,23,25H,5,10-11,14-15,18-20H2,1-4H3,(H,35,41)(H,38,39). The fourth-order valence-corrected chi connectivity index (χ4v) is 5.32. The molecule has 2 N–H and O–H groups in total. The number of aliphatic carboxylic acids is 1. The van der Waals surface area contributed by atoms with Crippen LogP contribution in [0.2, 0.25) is 0 Å². The van der Waals surface area contributed by atoms with E-state index >= 15 is 0 Å². The number of benzene rings is 2.